The molecule has 1 heterocycles. The number of carboxylic acid groups (broad SMARTS) is 1. The van der Waals surface area contributed by atoms with Crippen molar-refractivity contribution in [2.24, 2.45) is 5.92 Å². The number of carbonyl (C=O) groups is 2. The van der Waals surface area contributed by atoms with E-state index in [0.29, 0.717) is 10.8 Å². The third-order valence-electron chi connectivity index (χ3n) is 3.25. The number of hydrogen-bond donors (Lipinski definition) is 3. The van der Waals surface area contributed by atoms with Crippen LogP contribution < -0.4 is 10.6 Å². The number of aliphatic carboxylic acids is 1. The van der Waals surface area contributed by atoms with E-state index in [1.807, 2.05) is 0 Å². The van der Waals surface area contributed by atoms with Crippen molar-refractivity contribution in [1.82, 2.24) is 10.6 Å². The van der Waals surface area contributed by atoms with Crippen molar-refractivity contribution < 1.29 is 14.7 Å². The first-order valence-corrected chi connectivity index (χ1v) is 7.33. The van der Waals surface area contributed by atoms with Gasteiger partial charge in [0.15, 0.2) is 6.04 Å². The van der Waals surface area contributed by atoms with Crippen LogP contribution >= 0.6 is 11.3 Å². The second kappa shape index (κ2) is 6.06. The van der Waals surface area contributed by atoms with Crippen molar-refractivity contribution in [2.45, 2.75) is 38.3 Å². The maximum absolute atomic E-state index is 11.8. The lowest BCUT2D eigenvalue weighted by molar-refractivity contribution is -0.139. The van der Waals surface area contributed by atoms with Gasteiger partial charge in [-0.2, -0.15) is 0 Å². The molecule has 1 aromatic heterocycles. The fourth-order valence-corrected chi connectivity index (χ4v) is 2.93. The Hall–Kier alpha value is -1.56. The summed E-state index contributed by atoms with van der Waals surface area (Å²) < 4.78 is 0. The number of carbonyl (C=O) groups excluding carboxylic acids is 1. The molecule has 1 aromatic rings. The maximum Gasteiger partial charge on any atom is 0.331 e. The Bertz CT molecular complexity index is 447. The van der Waals surface area contributed by atoms with Crippen molar-refractivity contribution >= 4 is 23.3 Å². The molecule has 104 valence electrons. The van der Waals surface area contributed by atoms with Crippen LogP contribution in [0.15, 0.2) is 17.5 Å². The van der Waals surface area contributed by atoms with Crippen LogP contribution in [0.1, 0.15) is 37.1 Å². The number of hydrogen-bond acceptors (Lipinski definition) is 3. The van der Waals surface area contributed by atoms with E-state index in [-0.39, 0.29) is 6.04 Å². The molecule has 1 aliphatic rings. The summed E-state index contributed by atoms with van der Waals surface area (Å²) in [7, 11) is 0. The largest absolute Gasteiger partial charge is 0.479 e. The van der Waals surface area contributed by atoms with E-state index in [9.17, 15) is 9.59 Å². The van der Waals surface area contributed by atoms with Gasteiger partial charge in [-0.25, -0.2) is 9.59 Å². The van der Waals surface area contributed by atoms with Gasteiger partial charge in [0.25, 0.3) is 0 Å². The van der Waals surface area contributed by atoms with Crippen LogP contribution in [-0.4, -0.2) is 23.1 Å². The van der Waals surface area contributed by atoms with E-state index >= 15 is 0 Å². The Labute approximate surface area is 116 Å². The first kappa shape index (κ1) is 13.9. The Morgan fingerprint density at radius 2 is 2.37 bits per heavy atom. The number of nitrogens with one attached hydrogen (secondary N) is 2. The Balaban J connectivity index is 1.85. The normalized spacial score (nSPS) is 22.6. The third-order valence-corrected chi connectivity index (χ3v) is 4.19. The number of thiophene rings is 1. The highest BCUT2D eigenvalue weighted by atomic mass is 32.1. The molecule has 3 unspecified atom stereocenters. The van der Waals surface area contributed by atoms with E-state index in [0.717, 1.165) is 19.3 Å². The van der Waals surface area contributed by atoms with Crippen LogP contribution in [0.5, 0.6) is 0 Å². The highest BCUT2D eigenvalue weighted by molar-refractivity contribution is 7.10. The van der Waals surface area contributed by atoms with Crippen molar-refractivity contribution in [1.29, 1.82) is 0 Å². The van der Waals surface area contributed by atoms with Gasteiger partial charge in [-0.1, -0.05) is 19.4 Å². The molecule has 0 saturated heterocycles. The van der Waals surface area contributed by atoms with Crippen molar-refractivity contribution in [3.05, 3.63) is 22.4 Å². The Kier molecular flexibility index (Phi) is 4.42. The van der Waals surface area contributed by atoms with Crippen molar-refractivity contribution in [3.63, 3.8) is 0 Å². The minimum absolute atomic E-state index is 0.206. The van der Waals surface area contributed by atoms with E-state index in [2.05, 4.69) is 17.6 Å². The monoisotopic (exact) mass is 282 g/mol. The zero-order valence-corrected chi connectivity index (χ0v) is 11.6. The lowest BCUT2D eigenvalue weighted by Gasteiger charge is -2.13. The fourth-order valence-electron chi connectivity index (χ4n) is 2.17. The standard InChI is InChI=1S/C13H18N2O3S/c1-2-4-8-7-9(8)14-13(18)15-11(12(16)17)10-5-3-6-19-10/h3,5-6,8-9,11H,2,4,7H2,1H3,(H,16,17)(H2,14,15,18). The topological polar surface area (TPSA) is 78.4 Å². The molecule has 19 heavy (non-hydrogen) atoms. The number of carboxylic acids is 1. The van der Waals surface area contributed by atoms with Gasteiger partial charge in [-0.3, -0.25) is 0 Å². The Morgan fingerprint density at radius 1 is 1.58 bits per heavy atom. The predicted molar refractivity (Wildman–Crippen MR) is 73.2 cm³/mol. The molecule has 1 fully saturated rings. The summed E-state index contributed by atoms with van der Waals surface area (Å²) >= 11 is 1.32. The lowest BCUT2D eigenvalue weighted by Crippen LogP contribution is -2.41. The van der Waals surface area contributed by atoms with Gasteiger partial charge in [0.2, 0.25) is 0 Å². The van der Waals surface area contributed by atoms with Gasteiger partial charge in [0, 0.05) is 10.9 Å². The second-order valence-electron chi connectivity index (χ2n) is 4.80. The smallest absolute Gasteiger partial charge is 0.331 e. The molecule has 5 nitrogen and oxygen atoms in total. The molecule has 0 bridgehead atoms. The Morgan fingerprint density at radius 3 is 2.95 bits per heavy atom. The van der Waals surface area contributed by atoms with Gasteiger partial charge >= 0.3 is 12.0 Å². The zero-order chi connectivity index (χ0) is 13.8. The SMILES string of the molecule is CCCC1CC1NC(=O)NC(C(=O)O)c1cccs1. The summed E-state index contributed by atoms with van der Waals surface area (Å²) in [5.74, 6) is -0.487. The quantitative estimate of drug-likeness (QED) is 0.749. The molecule has 3 N–H and O–H groups in total. The molecule has 2 amide bonds. The molecule has 2 rings (SSSR count). The first-order valence-electron chi connectivity index (χ1n) is 6.45. The predicted octanol–water partition coefficient (Wildman–Crippen LogP) is 2.36. The van der Waals surface area contributed by atoms with Crippen LogP contribution in [0.2, 0.25) is 0 Å². The van der Waals surface area contributed by atoms with Gasteiger partial charge in [-0.05, 0) is 30.2 Å². The summed E-state index contributed by atoms with van der Waals surface area (Å²) in [6.45, 7) is 2.12. The molecular formula is C13H18N2O3S. The average molecular weight is 282 g/mol. The first-order chi connectivity index (χ1) is 9.11. The number of rotatable bonds is 6. The highest BCUT2D eigenvalue weighted by Crippen LogP contribution is 2.34. The summed E-state index contributed by atoms with van der Waals surface area (Å²) in [6, 6.07) is 2.32. The van der Waals surface area contributed by atoms with E-state index in [4.69, 9.17) is 5.11 Å². The second-order valence-corrected chi connectivity index (χ2v) is 5.77. The maximum atomic E-state index is 11.8. The molecule has 0 radical (unpaired) electrons. The van der Waals surface area contributed by atoms with Gasteiger partial charge in [0.05, 0.1) is 0 Å². The summed E-state index contributed by atoms with van der Waals surface area (Å²) in [5, 5.41) is 16.3. The molecule has 0 aliphatic heterocycles. The van der Waals surface area contributed by atoms with Gasteiger partial charge < -0.3 is 15.7 Å². The summed E-state index contributed by atoms with van der Waals surface area (Å²) in [4.78, 5) is 23.6. The number of amides is 2. The molecule has 0 spiro atoms. The fraction of sp³-hybridized carbons (Fsp3) is 0.538. The molecule has 0 aromatic carbocycles. The van der Waals surface area contributed by atoms with Crippen LogP contribution in [0.3, 0.4) is 0 Å². The van der Waals surface area contributed by atoms with Gasteiger partial charge in [0.1, 0.15) is 0 Å². The molecule has 1 saturated carbocycles. The van der Waals surface area contributed by atoms with Crippen molar-refractivity contribution in [3.8, 4) is 0 Å². The van der Waals surface area contributed by atoms with Crippen LogP contribution in [-0.2, 0) is 4.79 Å². The van der Waals surface area contributed by atoms with E-state index < -0.39 is 18.0 Å². The van der Waals surface area contributed by atoms with Crippen LogP contribution in [0.4, 0.5) is 4.79 Å². The van der Waals surface area contributed by atoms with Crippen molar-refractivity contribution in [2.75, 3.05) is 0 Å². The van der Waals surface area contributed by atoms with E-state index in [1.165, 1.54) is 11.3 Å². The van der Waals surface area contributed by atoms with E-state index in [1.54, 1.807) is 17.5 Å². The summed E-state index contributed by atoms with van der Waals surface area (Å²) in [5.41, 5.74) is 0. The minimum atomic E-state index is -1.04. The highest BCUT2D eigenvalue weighted by Gasteiger charge is 2.37. The van der Waals surface area contributed by atoms with Crippen LogP contribution in [0.25, 0.3) is 0 Å². The molecule has 3 atom stereocenters. The van der Waals surface area contributed by atoms with Crippen LogP contribution in [0, 0.1) is 5.92 Å². The summed E-state index contributed by atoms with van der Waals surface area (Å²) in [6.07, 6.45) is 3.22. The third kappa shape index (κ3) is 3.70. The van der Waals surface area contributed by atoms with Gasteiger partial charge in [-0.15, -0.1) is 11.3 Å². The molecule has 6 heteroatoms. The lowest BCUT2D eigenvalue weighted by atomic mass is 10.2. The number of urea groups is 1. The molecular weight excluding hydrogens is 264 g/mol. The zero-order valence-electron chi connectivity index (χ0n) is 10.8. The average Bonchev–Trinajstić information content (AvgIpc) is 2.89. The minimum Gasteiger partial charge on any atom is -0.479 e. The molecule has 1 aliphatic carbocycles.